The van der Waals surface area contributed by atoms with Crippen molar-refractivity contribution in [2.24, 2.45) is 10.9 Å². The van der Waals surface area contributed by atoms with E-state index in [4.69, 9.17) is 0 Å². The normalized spacial score (nSPS) is 20.9. The zero-order chi connectivity index (χ0) is 22.8. The predicted molar refractivity (Wildman–Crippen MR) is 126 cm³/mol. The van der Waals surface area contributed by atoms with Crippen LogP contribution in [0.15, 0.2) is 4.99 Å². The minimum absolute atomic E-state index is 0.0114. The molecule has 2 aliphatic heterocycles. The molecule has 31 heavy (non-hydrogen) atoms. The molecule has 0 radical (unpaired) electrons. The topological polar surface area (TPSA) is 80.3 Å². The number of nitrogens with zero attached hydrogens (tertiary/aromatic N) is 4. The lowest BCUT2D eigenvalue weighted by molar-refractivity contribution is -0.136. The highest BCUT2D eigenvalue weighted by atomic mass is 16.2. The van der Waals surface area contributed by atoms with Gasteiger partial charge in [0.1, 0.15) is 6.54 Å². The molecule has 2 heterocycles. The van der Waals surface area contributed by atoms with Crippen LogP contribution in [0.25, 0.3) is 0 Å². The van der Waals surface area contributed by atoms with Crippen LogP contribution < -0.4 is 10.6 Å². The van der Waals surface area contributed by atoms with Gasteiger partial charge < -0.3 is 20.4 Å². The van der Waals surface area contributed by atoms with Gasteiger partial charge in [0.25, 0.3) is 0 Å². The van der Waals surface area contributed by atoms with Crippen LogP contribution >= 0.6 is 0 Å². The van der Waals surface area contributed by atoms with Gasteiger partial charge in [0.2, 0.25) is 11.8 Å². The predicted octanol–water partition coefficient (Wildman–Crippen LogP) is 1.52. The molecule has 8 nitrogen and oxygen atoms in total. The summed E-state index contributed by atoms with van der Waals surface area (Å²) in [5.74, 6) is 1.15. The van der Waals surface area contributed by atoms with Crippen LogP contribution in [0.4, 0.5) is 0 Å². The number of nitrogens with one attached hydrogen (secondary N) is 2. The molecule has 2 aliphatic rings. The average molecular weight is 437 g/mol. The Bertz CT molecular complexity index is 597. The Hall–Kier alpha value is -1.83. The highest BCUT2D eigenvalue weighted by Gasteiger charge is 2.27. The number of likely N-dealkylation sites (tertiary alicyclic amines) is 2. The number of carbonyl (C=O) groups excluding carboxylic acids is 2. The first-order valence-electron chi connectivity index (χ1n) is 12.2. The third-order valence-electron chi connectivity index (χ3n) is 6.76. The number of guanidine groups is 1. The maximum absolute atomic E-state index is 12.7. The zero-order valence-corrected chi connectivity index (χ0v) is 20.3. The number of carbonyl (C=O) groups is 2. The summed E-state index contributed by atoms with van der Waals surface area (Å²) in [5, 5.41) is 7.02. The fourth-order valence-electron chi connectivity index (χ4n) is 4.53. The highest BCUT2D eigenvalue weighted by Crippen LogP contribution is 2.18. The van der Waals surface area contributed by atoms with Gasteiger partial charge in [0.15, 0.2) is 5.96 Å². The molecule has 1 atom stereocenters. The maximum atomic E-state index is 12.7. The van der Waals surface area contributed by atoms with Crippen LogP contribution in [0.1, 0.15) is 59.3 Å². The summed E-state index contributed by atoms with van der Waals surface area (Å²) >= 11 is 0. The molecular formula is C23H44N6O2. The molecule has 0 aromatic carbocycles. The van der Waals surface area contributed by atoms with Crippen LogP contribution in [0, 0.1) is 5.92 Å². The van der Waals surface area contributed by atoms with E-state index in [0.717, 1.165) is 58.4 Å². The Morgan fingerprint density at radius 1 is 1.06 bits per heavy atom. The molecule has 8 heteroatoms. The van der Waals surface area contributed by atoms with Gasteiger partial charge in [-0.3, -0.25) is 14.5 Å². The Morgan fingerprint density at radius 2 is 1.74 bits per heavy atom. The number of hydrogen-bond donors (Lipinski definition) is 2. The summed E-state index contributed by atoms with van der Waals surface area (Å²) in [6.45, 7) is 11.1. The van der Waals surface area contributed by atoms with Crippen molar-refractivity contribution in [3.05, 3.63) is 0 Å². The highest BCUT2D eigenvalue weighted by molar-refractivity contribution is 5.85. The smallest absolute Gasteiger partial charge is 0.243 e. The molecule has 0 aliphatic carbocycles. The van der Waals surface area contributed by atoms with E-state index in [-0.39, 0.29) is 24.4 Å². The van der Waals surface area contributed by atoms with E-state index in [1.54, 1.807) is 19.0 Å². The van der Waals surface area contributed by atoms with Gasteiger partial charge in [-0.25, -0.2) is 4.99 Å². The van der Waals surface area contributed by atoms with Gasteiger partial charge in [-0.15, -0.1) is 0 Å². The Balaban J connectivity index is 1.92. The molecule has 2 rings (SSSR count). The van der Waals surface area contributed by atoms with Crippen LogP contribution in [0.2, 0.25) is 0 Å². The van der Waals surface area contributed by atoms with Crippen molar-refractivity contribution in [2.75, 3.05) is 53.4 Å². The number of piperidine rings is 1. The van der Waals surface area contributed by atoms with Crippen LogP contribution in [0.5, 0.6) is 0 Å². The van der Waals surface area contributed by atoms with Crippen molar-refractivity contribution in [1.29, 1.82) is 0 Å². The third-order valence-corrected chi connectivity index (χ3v) is 6.76. The monoisotopic (exact) mass is 436 g/mol. The van der Waals surface area contributed by atoms with E-state index in [2.05, 4.69) is 41.3 Å². The minimum Gasteiger partial charge on any atom is -0.355 e. The third kappa shape index (κ3) is 7.66. The SMILES string of the molecule is CCC(CC)C(=O)N1CCC(NC(=NCC(=O)N(C)C)NCC2CCCN2CC)CC1. The van der Waals surface area contributed by atoms with Crippen molar-refractivity contribution in [3.8, 4) is 0 Å². The number of rotatable bonds is 9. The van der Waals surface area contributed by atoms with E-state index in [9.17, 15) is 9.59 Å². The van der Waals surface area contributed by atoms with Gasteiger partial charge in [-0.2, -0.15) is 0 Å². The molecular weight excluding hydrogens is 392 g/mol. The van der Waals surface area contributed by atoms with Gasteiger partial charge in [0, 0.05) is 51.7 Å². The fourth-order valence-corrected chi connectivity index (χ4v) is 4.53. The molecule has 2 saturated heterocycles. The summed E-state index contributed by atoms with van der Waals surface area (Å²) in [4.78, 5) is 35.4. The van der Waals surface area contributed by atoms with E-state index in [1.165, 1.54) is 12.8 Å². The number of hydrogen-bond acceptors (Lipinski definition) is 4. The number of amides is 2. The summed E-state index contributed by atoms with van der Waals surface area (Å²) in [6, 6.07) is 0.776. The van der Waals surface area contributed by atoms with E-state index in [0.29, 0.717) is 17.9 Å². The number of likely N-dealkylation sites (N-methyl/N-ethyl adjacent to an activating group) is 2. The quantitative estimate of drug-likeness (QED) is 0.423. The first-order valence-corrected chi connectivity index (χ1v) is 12.2. The minimum atomic E-state index is -0.0114. The second-order valence-corrected chi connectivity index (χ2v) is 9.02. The van der Waals surface area contributed by atoms with Crippen molar-refractivity contribution in [1.82, 2.24) is 25.3 Å². The molecule has 0 saturated carbocycles. The molecule has 0 bridgehead atoms. The van der Waals surface area contributed by atoms with E-state index < -0.39 is 0 Å². The van der Waals surface area contributed by atoms with Crippen LogP contribution in [-0.4, -0.2) is 97.9 Å². The van der Waals surface area contributed by atoms with Crippen molar-refractivity contribution >= 4 is 17.8 Å². The number of aliphatic imine (C=N–C) groups is 1. The lowest BCUT2D eigenvalue weighted by atomic mass is 9.98. The molecule has 2 amide bonds. The molecule has 0 aromatic rings. The van der Waals surface area contributed by atoms with Crippen molar-refractivity contribution in [2.45, 2.75) is 71.4 Å². The summed E-state index contributed by atoms with van der Waals surface area (Å²) in [5.41, 5.74) is 0. The van der Waals surface area contributed by atoms with Gasteiger partial charge in [0.05, 0.1) is 0 Å². The second kappa shape index (κ2) is 12.9. The molecule has 0 spiro atoms. The van der Waals surface area contributed by atoms with Gasteiger partial charge in [-0.05, 0) is 51.6 Å². The lowest BCUT2D eigenvalue weighted by Gasteiger charge is -2.35. The average Bonchev–Trinajstić information content (AvgIpc) is 3.24. The van der Waals surface area contributed by atoms with Crippen LogP contribution in [-0.2, 0) is 9.59 Å². The second-order valence-electron chi connectivity index (χ2n) is 9.02. The molecule has 178 valence electrons. The van der Waals surface area contributed by atoms with Gasteiger partial charge >= 0.3 is 0 Å². The molecule has 2 N–H and O–H groups in total. The Labute approximate surface area is 188 Å². The van der Waals surface area contributed by atoms with Crippen molar-refractivity contribution in [3.63, 3.8) is 0 Å². The molecule has 2 fully saturated rings. The summed E-state index contributed by atoms with van der Waals surface area (Å²) in [7, 11) is 3.51. The fraction of sp³-hybridized carbons (Fsp3) is 0.870. The first kappa shape index (κ1) is 25.4. The van der Waals surface area contributed by atoms with Crippen LogP contribution in [0.3, 0.4) is 0 Å². The zero-order valence-electron chi connectivity index (χ0n) is 20.3. The molecule has 1 unspecified atom stereocenters. The van der Waals surface area contributed by atoms with E-state index in [1.807, 2.05) is 4.90 Å². The first-order chi connectivity index (χ1) is 14.9. The molecule has 0 aromatic heterocycles. The van der Waals surface area contributed by atoms with Crippen molar-refractivity contribution < 1.29 is 9.59 Å². The van der Waals surface area contributed by atoms with Gasteiger partial charge in [-0.1, -0.05) is 20.8 Å². The summed E-state index contributed by atoms with van der Waals surface area (Å²) in [6.07, 6.45) is 6.05. The Kier molecular flexibility index (Phi) is 10.6. The standard InChI is InChI=1S/C23H44N6O2/c1-6-18(7-2)22(31)29-14-11-19(12-15-29)26-23(25-17-21(30)27(4)5)24-16-20-10-9-13-28(20)8-3/h18-20H,6-17H2,1-5H3,(H2,24,25,26). The lowest BCUT2D eigenvalue weighted by Crippen LogP contribution is -2.52. The Morgan fingerprint density at radius 3 is 2.32 bits per heavy atom. The van der Waals surface area contributed by atoms with E-state index >= 15 is 0 Å². The largest absolute Gasteiger partial charge is 0.355 e. The maximum Gasteiger partial charge on any atom is 0.243 e. The summed E-state index contributed by atoms with van der Waals surface area (Å²) < 4.78 is 0.